The van der Waals surface area contributed by atoms with Crippen molar-refractivity contribution >= 4 is 0 Å². The van der Waals surface area contributed by atoms with Gasteiger partial charge in [-0.1, -0.05) is 48.5 Å². The van der Waals surface area contributed by atoms with Crippen LogP contribution < -0.4 is 0 Å². The predicted octanol–water partition coefficient (Wildman–Crippen LogP) is 4.39. The van der Waals surface area contributed by atoms with E-state index in [2.05, 4.69) is 33.4 Å². The summed E-state index contributed by atoms with van der Waals surface area (Å²) >= 11 is 0. The topological polar surface area (TPSA) is 51.8 Å². The molecule has 116 valence electrons. The average Bonchev–Trinajstić information content (AvgIpc) is 3.14. The van der Waals surface area contributed by atoms with Crippen LogP contribution in [-0.4, -0.2) is 15.2 Å². The van der Waals surface area contributed by atoms with Crippen LogP contribution in [0.1, 0.15) is 11.1 Å². The van der Waals surface area contributed by atoms with Crippen molar-refractivity contribution in [2.24, 2.45) is 0 Å². The molecular weight excluding hydrogens is 298 g/mol. The van der Waals surface area contributed by atoms with E-state index in [0.29, 0.717) is 11.8 Å². The van der Waals surface area contributed by atoms with Crippen LogP contribution in [0.2, 0.25) is 0 Å². The molecule has 4 nitrogen and oxygen atoms in total. The highest BCUT2D eigenvalue weighted by molar-refractivity contribution is 5.61. The van der Waals surface area contributed by atoms with Crippen LogP contribution in [0.15, 0.2) is 83.5 Å². The third kappa shape index (κ3) is 2.94. The minimum atomic E-state index is 0.479. The van der Waals surface area contributed by atoms with Crippen molar-refractivity contribution in [3.63, 3.8) is 0 Å². The molecule has 0 aliphatic carbocycles. The lowest BCUT2D eigenvalue weighted by Crippen LogP contribution is -1.92. The van der Waals surface area contributed by atoms with Crippen molar-refractivity contribution in [3.8, 4) is 22.9 Å². The van der Waals surface area contributed by atoms with Crippen molar-refractivity contribution < 1.29 is 4.42 Å². The maximum atomic E-state index is 5.87. The van der Waals surface area contributed by atoms with E-state index < -0.39 is 0 Å². The Morgan fingerprint density at radius 3 is 2.38 bits per heavy atom. The summed E-state index contributed by atoms with van der Waals surface area (Å²) in [5.41, 5.74) is 4.18. The van der Waals surface area contributed by atoms with E-state index in [1.165, 1.54) is 5.56 Å². The fraction of sp³-hybridized carbons (Fsp3) is 0.0500. The van der Waals surface area contributed by atoms with Gasteiger partial charge in [0.05, 0.1) is 5.56 Å². The zero-order valence-corrected chi connectivity index (χ0v) is 13.0. The molecule has 0 saturated heterocycles. The van der Waals surface area contributed by atoms with Gasteiger partial charge >= 0.3 is 0 Å². The Bertz CT molecular complexity index is 933. The van der Waals surface area contributed by atoms with Crippen molar-refractivity contribution in [2.45, 2.75) is 6.42 Å². The van der Waals surface area contributed by atoms with Crippen LogP contribution in [0.25, 0.3) is 22.9 Å². The maximum Gasteiger partial charge on any atom is 0.249 e. The number of rotatable bonds is 4. The van der Waals surface area contributed by atoms with Crippen molar-refractivity contribution in [1.29, 1.82) is 0 Å². The van der Waals surface area contributed by atoms with E-state index in [0.717, 1.165) is 23.1 Å². The minimum absolute atomic E-state index is 0.479. The van der Waals surface area contributed by atoms with Gasteiger partial charge in [0.2, 0.25) is 11.8 Å². The second-order valence-electron chi connectivity index (χ2n) is 5.47. The van der Waals surface area contributed by atoms with E-state index in [9.17, 15) is 0 Å². The molecule has 0 fully saturated rings. The summed E-state index contributed by atoms with van der Waals surface area (Å²) in [6.45, 7) is 0. The molecule has 0 aliphatic heterocycles. The highest BCUT2D eigenvalue weighted by atomic mass is 16.4. The van der Waals surface area contributed by atoms with Gasteiger partial charge < -0.3 is 4.42 Å². The fourth-order valence-corrected chi connectivity index (χ4v) is 2.64. The SMILES string of the molecule is c1ccc(Cc2ccccc2-c2nnc(-c3cccnc3)o2)cc1. The first-order valence-corrected chi connectivity index (χ1v) is 7.76. The predicted molar refractivity (Wildman–Crippen MR) is 92.2 cm³/mol. The number of pyridine rings is 1. The Morgan fingerprint density at radius 2 is 1.54 bits per heavy atom. The molecule has 0 amide bonds. The molecule has 0 N–H and O–H groups in total. The molecule has 0 aliphatic rings. The lowest BCUT2D eigenvalue weighted by Gasteiger charge is -2.06. The molecule has 4 rings (SSSR count). The minimum Gasteiger partial charge on any atom is -0.416 e. The summed E-state index contributed by atoms with van der Waals surface area (Å²) in [7, 11) is 0. The lowest BCUT2D eigenvalue weighted by atomic mass is 10.00. The van der Waals surface area contributed by atoms with Gasteiger partial charge in [-0.2, -0.15) is 0 Å². The summed E-state index contributed by atoms with van der Waals surface area (Å²) in [6, 6.07) is 22.2. The molecule has 2 heterocycles. The molecule has 0 radical (unpaired) electrons. The summed E-state index contributed by atoms with van der Waals surface area (Å²) in [4.78, 5) is 4.09. The van der Waals surface area contributed by atoms with Crippen molar-refractivity contribution in [2.75, 3.05) is 0 Å². The molecular formula is C20H15N3O. The zero-order chi connectivity index (χ0) is 16.2. The summed E-state index contributed by atoms with van der Waals surface area (Å²) in [6.07, 6.45) is 4.25. The highest BCUT2D eigenvalue weighted by Crippen LogP contribution is 2.27. The van der Waals surface area contributed by atoms with Gasteiger partial charge in [0, 0.05) is 18.0 Å². The Labute approximate surface area is 139 Å². The molecule has 0 saturated carbocycles. The molecule has 24 heavy (non-hydrogen) atoms. The molecule has 0 bridgehead atoms. The van der Waals surface area contributed by atoms with Crippen LogP contribution in [-0.2, 0) is 6.42 Å². The van der Waals surface area contributed by atoms with Gasteiger partial charge in [-0.25, -0.2) is 0 Å². The lowest BCUT2D eigenvalue weighted by molar-refractivity contribution is 0.583. The third-order valence-corrected chi connectivity index (χ3v) is 3.82. The second kappa shape index (κ2) is 6.46. The van der Waals surface area contributed by atoms with Crippen LogP contribution in [0, 0.1) is 0 Å². The van der Waals surface area contributed by atoms with E-state index in [4.69, 9.17) is 4.42 Å². The van der Waals surface area contributed by atoms with Gasteiger partial charge in [-0.3, -0.25) is 4.98 Å². The first-order valence-electron chi connectivity index (χ1n) is 7.76. The summed E-state index contributed by atoms with van der Waals surface area (Å²) in [5, 5.41) is 8.37. The van der Waals surface area contributed by atoms with Gasteiger partial charge in [-0.15, -0.1) is 10.2 Å². The van der Waals surface area contributed by atoms with E-state index in [1.807, 2.05) is 48.5 Å². The number of benzene rings is 2. The quantitative estimate of drug-likeness (QED) is 0.561. The normalized spacial score (nSPS) is 10.7. The van der Waals surface area contributed by atoms with E-state index >= 15 is 0 Å². The fourth-order valence-electron chi connectivity index (χ4n) is 2.64. The smallest absolute Gasteiger partial charge is 0.249 e. The Hall–Kier alpha value is -3.27. The molecule has 2 aromatic heterocycles. The summed E-state index contributed by atoms with van der Waals surface area (Å²) in [5.74, 6) is 1.01. The van der Waals surface area contributed by atoms with Crippen molar-refractivity contribution in [1.82, 2.24) is 15.2 Å². The number of hydrogen-bond acceptors (Lipinski definition) is 4. The van der Waals surface area contributed by atoms with Gasteiger partial charge in [0.25, 0.3) is 0 Å². The zero-order valence-electron chi connectivity index (χ0n) is 13.0. The van der Waals surface area contributed by atoms with Gasteiger partial charge in [0.15, 0.2) is 0 Å². The molecule has 4 aromatic rings. The number of aromatic nitrogens is 3. The van der Waals surface area contributed by atoms with Crippen molar-refractivity contribution in [3.05, 3.63) is 90.3 Å². The Morgan fingerprint density at radius 1 is 0.750 bits per heavy atom. The largest absolute Gasteiger partial charge is 0.416 e. The monoisotopic (exact) mass is 313 g/mol. The number of hydrogen-bond donors (Lipinski definition) is 0. The van der Waals surface area contributed by atoms with Crippen LogP contribution in [0.4, 0.5) is 0 Å². The first-order chi connectivity index (χ1) is 11.9. The van der Waals surface area contributed by atoms with Crippen LogP contribution in [0.3, 0.4) is 0 Å². The molecule has 4 heteroatoms. The standard InChI is InChI=1S/C20H15N3O/c1-2-7-15(8-3-1)13-16-9-4-5-11-18(16)20-23-22-19(24-20)17-10-6-12-21-14-17/h1-12,14H,13H2. The first kappa shape index (κ1) is 14.3. The molecule has 0 atom stereocenters. The van der Waals surface area contributed by atoms with Crippen LogP contribution in [0.5, 0.6) is 0 Å². The second-order valence-corrected chi connectivity index (χ2v) is 5.47. The maximum absolute atomic E-state index is 5.87. The summed E-state index contributed by atoms with van der Waals surface area (Å²) < 4.78 is 5.87. The third-order valence-electron chi connectivity index (χ3n) is 3.82. The number of nitrogens with zero attached hydrogens (tertiary/aromatic N) is 3. The van der Waals surface area contributed by atoms with E-state index in [1.54, 1.807) is 12.4 Å². The Kier molecular flexibility index (Phi) is 3.86. The average molecular weight is 313 g/mol. The Balaban J connectivity index is 1.69. The van der Waals surface area contributed by atoms with Gasteiger partial charge in [-0.05, 0) is 35.7 Å². The molecule has 0 unspecified atom stereocenters. The highest BCUT2D eigenvalue weighted by Gasteiger charge is 2.13. The van der Waals surface area contributed by atoms with Crippen LogP contribution >= 0.6 is 0 Å². The molecule has 2 aromatic carbocycles. The molecule has 0 spiro atoms. The van der Waals surface area contributed by atoms with E-state index in [-0.39, 0.29) is 0 Å². The van der Waals surface area contributed by atoms with Gasteiger partial charge in [0.1, 0.15) is 0 Å².